The van der Waals surface area contributed by atoms with Gasteiger partial charge in [0, 0.05) is 36.6 Å². The first kappa shape index (κ1) is 22.5. The number of rotatable bonds is 8. The second-order valence-electron chi connectivity index (χ2n) is 7.17. The summed E-state index contributed by atoms with van der Waals surface area (Å²) in [6.45, 7) is 1.61. The Kier molecular flexibility index (Phi) is 7.43. The first-order chi connectivity index (χ1) is 14.8. The summed E-state index contributed by atoms with van der Waals surface area (Å²) in [4.78, 5) is 33.2. The lowest BCUT2D eigenvalue weighted by molar-refractivity contribution is 0.0726. The fraction of sp³-hybridized carbons (Fsp3) is 0.227. The number of thiazole rings is 1. The van der Waals surface area contributed by atoms with Crippen molar-refractivity contribution in [2.75, 3.05) is 32.5 Å². The molecule has 0 unspecified atom stereocenters. The van der Waals surface area contributed by atoms with E-state index >= 15 is 0 Å². The molecule has 0 radical (unpaired) electrons. The van der Waals surface area contributed by atoms with Gasteiger partial charge in [-0.05, 0) is 31.8 Å². The Labute approximate surface area is 183 Å². The normalized spacial score (nSPS) is 10.9. The van der Waals surface area contributed by atoms with Crippen LogP contribution in [0.4, 0.5) is 13.9 Å². The number of halogens is 2. The van der Waals surface area contributed by atoms with Crippen molar-refractivity contribution in [2.45, 2.75) is 6.54 Å². The largest absolute Gasteiger partial charge is 0.332 e. The van der Waals surface area contributed by atoms with Crippen LogP contribution in [0.15, 0.2) is 53.9 Å². The smallest absolute Gasteiger partial charge is 0.273 e. The van der Waals surface area contributed by atoms with E-state index < -0.39 is 17.5 Å². The fourth-order valence-electron chi connectivity index (χ4n) is 2.82. The zero-order valence-electron chi connectivity index (χ0n) is 17.1. The van der Waals surface area contributed by atoms with Gasteiger partial charge in [-0.2, -0.15) is 0 Å². The number of anilines is 1. The van der Waals surface area contributed by atoms with Gasteiger partial charge >= 0.3 is 0 Å². The minimum atomic E-state index is -0.849. The number of aromatic nitrogens is 1. The first-order valence-corrected chi connectivity index (χ1v) is 10.4. The summed E-state index contributed by atoms with van der Waals surface area (Å²) in [7, 11) is 3.85. The summed E-state index contributed by atoms with van der Waals surface area (Å²) in [5.74, 6) is -2.67. The van der Waals surface area contributed by atoms with Gasteiger partial charge in [-0.15, -0.1) is 11.3 Å². The summed E-state index contributed by atoms with van der Waals surface area (Å²) in [6, 6.07) is 12.2. The molecular weight excluding hydrogens is 422 g/mol. The minimum Gasteiger partial charge on any atom is -0.332 e. The molecule has 31 heavy (non-hydrogen) atoms. The van der Waals surface area contributed by atoms with E-state index in [1.807, 2.05) is 49.3 Å². The zero-order valence-corrected chi connectivity index (χ0v) is 18.0. The monoisotopic (exact) mass is 444 g/mol. The fourth-order valence-corrected chi connectivity index (χ4v) is 3.50. The molecule has 0 saturated carbocycles. The molecular formula is C22H22F2N4O2S. The molecule has 0 spiro atoms. The van der Waals surface area contributed by atoms with Gasteiger partial charge in [-0.1, -0.05) is 30.3 Å². The van der Waals surface area contributed by atoms with Crippen LogP contribution in [0.3, 0.4) is 0 Å². The molecule has 162 valence electrons. The van der Waals surface area contributed by atoms with Crippen LogP contribution in [-0.4, -0.2) is 53.8 Å². The predicted octanol–water partition coefficient (Wildman–Crippen LogP) is 3.88. The van der Waals surface area contributed by atoms with Crippen molar-refractivity contribution in [2.24, 2.45) is 0 Å². The van der Waals surface area contributed by atoms with E-state index in [-0.39, 0.29) is 22.3 Å². The number of carbonyl (C=O) groups excluding carboxylic acids is 2. The first-order valence-electron chi connectivity index (χ1n) is 9.52. The van der Waals surface area contributed by atoms with Gasteiger partial charge in [0.2, 0.25) is 0 Å². The van der Waals surface area contributed by atoms with Crippen LogP contribution in [0.5, 0.6) is 0 Å². The van der Waals surface area contributed by atoms with Crippen molar-refractivity contribution in [1.82, 2.24) is 14.8 Å². The van der Waals surface area contributed by atoms with Gasteiger partial charge in [0.05, 0.1) is 0 Å². The van der Waals surface area contributed by atoms with Gasteiger partial charge < -0.3 is 9.80 Å². The highest BCUT2D eigenvalue weighted by Gasteiger charge is 2.20. The molecule has 3 rings (SSSR count). The Morgan fingerprint density at radius 2 is 1.71 bits per heavy atom. The maximum absolute atomic E-state index is 13.3. The second-order valence-corrected chi connectivity index (χ2v) is 8.02. The highest BCUT2D eigenvalue weighted by molar-refractivity contribution is 7.14. The number of nitrogens with one attached hydrogen (secondary N) is 1. The van der Waals surface area contributed by atoms with Crippen molar-refractivity contribution in [3.8, 4) is 0 Å². The molecule has 3 aromatic rings. The molecule has 6 nitrogen and oxygen atoms in total. The maximum Gasteiger partial charge on any atom is 0.273 e. The highest BCUT2D eigenvalue weighted by atomic mass is 32.1. The number of amides is 2. The average molecular weight is 445 g/mol. The van der Waals surface area contributed by atoms with E-state index in [1.54, 1.807) is 10.3 Å². The van der Waals surface area contributed by atoms with Crippen LogP contribution in [-0.2, 0) is 6.54 Å². The molecule has 0 atom stereocenters. The standard InChI is InChI=1S/C22H22F2N4O2S/c1-27(2)8-9-28(13-15-6-4-3-5-7-15)21(30)19-14-31-22(25-19)26-20(29)16-10-17(23)12-18(24)11-16/h3-7,10-12,14H,8-9,13H2,1-2H3,(H,25,26,29). The van der Waals surface area contributed by atoms with Crippen LogP contribution in [0.1, 0.15) is 26.4 Å². The Bertz CT molecular complexity index is 1040. The predicted molar refractivity (Wildman–Crippen MR) is 116 cm³/mol. The molecule has 2 amide bonds. The van der Waals surface area contributed by atoms with E-state index in [0.29, 0.717) is 25.7 Å². The molecule has 2 aromatic carbocycles. The van der Waals surface area contributed by atoms with Crippen LogP contribution in [0.25, 0.3) is 0 Å². The number of carbonyl (C=O) groups is 2. The molecule has 0 aliphatic carbocycles. The van der Waals surface area contributed by atoms with Crippen molar-refractivity contribution >= 4 is 28.3 Å². The third kappa shape index (κ3) is 6.40. The SMILES string of the molecule is CN(C)CCN(Cc1ccccc1)C(=O)c1csc(NC(=O)c2cc(F)cc(F)c2)n1. The number of nitrogens with zero attached hydrogens (tertiary/aromatic N) is 3. The van der Waals surface area contributed by atoms with Crippen molar-refractivity contribution in [3.63, 3.8) is 0 Å². The van der Waals surface area contributed by atoms with E-state index in [1.165, 1.54) is 0 Å². The molecule has 1 aromatic heterocycles. The highest BCUT2D eigenvalue weighted by Crippen LogP contribution is 2.19. The molecule has 0 fully saturated rings. The molecule has 9 heteroatoms. The Hall–Kier alpha value is -3.17. The van der Waals surface area contributed by atoms with Crippen molar-refractivity contribution < 1.29 is 18.4 Å². The van der Waals surface area contributed by atoms with Crippen LogP contribution in [0.2, 0.25) is 0 Å². The molecule has 0 aliphatic rings. The van der Waals surface area contributed by atoms with Gasteiger partial charge in [0.15, 0.2) is 5.13 Å². The molecule has 0 bridgehead atoms. The topological polar surface area (TPSA) is 65.5 Å². The molecule has 1 N–H and O–H groups in total. The molecule has 0 saturated heterocycles. The minimum absolute atomic E-state index is 0.169. The van der Waals surface area contributed by atoms with Gasteiger partial charge in [0.25, 0.3) is 11.8 Å². The summed E-state index contributed by atoms with van der Waals surface area (Å²) < 4.78 is 26.7. The Balaban J connectivity index is 1.73. The Morgan fingerprint density at radius 1 is 1.03 bits per heavy atom. The van der Waals surface area contributed by atoms with Gasteiger partial charge in [-0.3, -0.25) is 14.9 Å². The molecule has 1 heterocycles. The van der Waals surface area contributed by atoms with Crippen LogP contribution in [0, 0.1) is 11.6 Å². The lowest BCUT2D eigenvalue weighted by Crippen LogP contribution is -2.36. The summed E-state index contributed by atoms with van der Waals surface area (Å²) in [5.41, 5.74) is 1.02. The summed E-state index contributed by atoms with van der Waals surface area (Å²) in [6.07, 6.45) is 0. The lowest BCUT2D eigenvalue weighted by atomic mass is 10.2. The second kappa shape index (κ2) is 10.2. The Morgan fingerprint density at radius 3 is 2.35 bits per heavy atom. The third-order valence-corrected chi connectivity index (χ3v) is 5.15. The number of hydrogen-bond acceptors (Lipinski definition) is 5. The van der Waals surface area contributed by atoms with E-state index in [4.69, 9.17) is 0 Å². The molecule has 0 aliphatic heterocycles. The van der Waals surface area contributed by atoms with Gasteiger partial charge in [-0.25, -0.2) is 13.8 Å². The average Bonchev–Trinajstić information content (AvgIpc) is 3.19. The summed E-state index contributed by atoms with van der Waals surface area (Å²) in [5, 5.41) is 4.21. The number of benzene rings is 2. The zero-order chi connectivity index (χ0) is 22.4. The maximum atomic E-state index is 13.3. The lowest BCUT2D eigenvalue weighted by Gasteiger charge is -2.24. The van der Waals surface area contributed by atoms with Crippen molar-refractivity contribution in [1.29, 1.82) is 0 Å². The third-order valence-electron chi connectivity index (χ3n) is 4.39. The quantitative estimate of drug-likeness (QED) is 0.573. The number of hydrogen-bond donors (Lipinski definition) is 1. The van der Waals surface area contributed by atoms with E-state index in [9.17, 15) is 18.4 Å². The van der Waals surface area contributed by atoms with E-state index in [0.717, 1.165) is 29.0 Å². The van der Waals surface area contributed by atoms with Crippen LogP contribution < -0.4 is 5.32 Å². The van der Waals surface area contributed by atoms with Crippen molar-refractivity contribution in [3.05, 3.63) is 82.4 Å². The van der Waals surface area contributed by atoms with Gasteiger partial charge in [0.1, 0.15) is 17.3 Å². The number of likely N-dealkylation sites (N-methyl/N-ethyl adjacent to an activating group) is 1. The van der Waals surface area contributed by atoms with E-state index in [2.05, 4.69) is 10.3 Å². The summed E-state index contributed by atoms with van der Waals surface area (Å²) >= 11 is 1.07. The van der Waals surface area contributed by atoms with Crippen LogP contribution >= 0.6 is 11.3 Å².